The van der Waals surface area contributed by atoms with Crippen molar-refractivity contribution in [2.75, 3.05) is 0 Å². The molecule has 2 rings (SSSR count). The second kappa shape index (κ2) is 8.06. The summed E-state index contributed by atoms with van der Waals surface area (Å²) in [7, 11) is 0. The molecule has 0 aliphatic heterocycles. The summed E-state index contributed by atoms with van der Waals surface area (Å²) in [4.78, 5) is 23.5. The Hall–Kier alpha value is -2.51. The molecule has 2 heterocycles. The van der Waals surface area contributed by atoms with Gasteiger partial charge >= 0.3 is 5.97 Å². The molecule has 7 heteroatoms. The van der Waals surface area contributed by atoms with Gasteiger partial charge in [0.2, 0.25) is 0 Å². The Morgan fingerprint density at radius 1 is 1.45 bits per heavy atom. The smallest absolute Gasteiger partial charge is 0.334 e. The molecule has 0 saturated heterocycles. The lowest BCUT2D eigenvalue weighted by molar-refractivity contribution is -0.151. The summed E-state index contributed by atoms with van der Waals surface area (Å²) in [6.07, 6.45) is 10.6. The number of rotatable bonds is 8. The van der Waals surface area contributed by atoms with E-state index in [4.69, 9.17) is 11.0 Å². The fourth-order valence-electron chi connectivity index (χ4n) is 2.06. The van der Waals surface area contributed by atoms with Crippen LogP contribution in [-0.4, -0.2) is 31.7 Å². The van der Waals surface area contributed by atoms with Gasteiger partial charge in [-0.25, -0.2) is 15.7 Å². The molecule has 0 aromatic carbocycles. The molecule has 0 aliphatic carbocycles. The molecule has 0 bridgehead atoms. The van der Waals surface area contributed by atoms with Crippen molar-refractivity contribution in [3.63, 3.8) is 0 Å². The van der Waals surface area contributed by atoms with Crippen molar-refractivity contribution in [3.8, 4) is 0 Å². The molecule has 22 heavy (non-hydrogen) atoms. The first kappa shape index (κ1) is 15.9. The van der Waals surface area contributed by atoms with Crippen LogP contribution in [0.5, 0.6) is 0 Å². The Labute approximate surface area is 128 Å². The summed E-state index contributed by atoms with van der Waals surface area (Å²) in [5.74, 6) is 3.93. The molecule has 0 fully saturated rings. The second-order valence-corrected chi connectivity index (χ2v) is 4.75. The molecule has 0 saturated carbocycles. The summed E-state index contributed by atoms with van der Waals surface area (Å²) in [6, 6.07) is 3.82. The third kappa shape index (κ3) is 4.51. The van der Waals surface area contributed by atoms with Crippen molar-refractivity contribution < 1.29 is 14.7 Å². The van der Waals surface area contributed by atoms with E-state index in [0.717, 1.165) is 11.1 Å². The van der Waals surface area contributed by atoms with Gasteiger partial charge in [-0.15, -0.1) is 0 Å². The zero-order chi connectivity index (χ0) is 15.8. The molecule has 1 atom stereocenters. The number of nitrogens with two attached hydrogens (primary N) is 1. The van der Waals surface area contributed by atoms with Crippen LogP contribution >= 0.6 is 0 Å². The fourth-order valence-corrected chi connectivity index (χ4v) is 2.06. The van der Waals surface area contributed by atoms with E-state index in [0.29, 0.717) is 19.4 Å². The van der Waals surface area contributed by atoms with Gasteiger partial charge in [-0.05, 0) is 30.0 Å². The quantitative estimate of drug-likeness (QED) is 0.716. The maximum absolute atomic E-state index is 10.9. The average molecular weight is 302 g/mol. The Bertz CT molecular complexity index is 611. The Morgan fingerprint density at radius 3 is 2.91 bits per heavy atom. The summed E-state index contributed by atoms with van der Waals surface area (Å²) >= 11 is 0. The van der Waals surface area contributed by atoms with Gasteiger partial charge in [-0.2, -0.15) is 0 Å². The zero-order valence-electron chi connectivity index (χ0n) is 12.0. The van der Waals surface area contributed by atoms with Gasteiger partial charge in [-0.1, -0.05) is 12.1 Å². The molecule has 0 aliphatic rings. The second-order valence-electron chi connectivity index (χ2n) is 4.75. The first-order valence-corrected chi connectivity index (χ1v) is 6.84. The molecule has 116 valence electrons. The van der Waals surface area contributed by atoms with E-state index < -0.39 is 12.1 Å². The summed E-state index contributed by atoms with van der Waals surface area (Å²) in [5.41, 5.74) is 2.02. The Kier molecular flexibility index (Phi) is 5.81. The van der Waals surface area contributed by atoms with Crippen LogP contribution in [0.2, 0.25) is 0 Å². The van der Waals surface area contributed by atoms with Crippen molar-refractivity contribution >= 4 is 11.5 Å². The van der Waals surface area contributed by atoms with Crippen molar-refractivity contribution in [1.29, 1.82) is 0 Å². The molecule has 0 spiro atoms. The SMILES string of the molecule is NOC(CCC=C(Cn1ccnc1)c1cccnc1)C(=O)O. The number of hydrogen-bond acceptors (Lipinski definition) is 5. The monoisotopic (exact) mass is 302 g/mol. The number of carbonyl (C=O) groups is 1. The van der Waals surface area contributed by atoms with Gasteiger partial charge in [0.25, 0.3) is 0 Å². The standard InChI is InChI=1S/C15H18N4O3/c16-22-14(15(20)21)5-1-3-13(10-19-8-7-18-11-19)12-4-2-6-17-9-12/h2-4,6-9,11,14H,1,5,10,16H2,(H,20,21). The van der Waals surface area contributed by atoms with Crippen LogP contribution in [0.1, 0.15) is 18.4 Å². The number of allylic oxidation sites excluding steroid dienone is 2. The summed E-state index contributed by atoms with van der Waals surface area (Å²) in [6.45, 7) is 0.632. The Morgan fingerprint density at radius 2 is 2.32 bits per heavy atom. The number of nitrogens with zero attached hydrogens (tertiary/aromatic N) is 3. The van der Waals surface area contributed by atoms with E-state index in [2.05, 4.69) is 14.8 Å². The lowest BCUT2D eigenvalue weighted by Gasteiger charge is -2.11. The van der Waals surface area contributed by atoms with Gasteiger partial charge in [0.05, 0.1) is 6.33 Å². The molecular formula is C15H18N4O3. The van der Waals surface area contributed by atoms with Gasteiger partial charge < -0.3 is 9.67 Å². The number of hydrogen-bond donors (Lipinski definition) is 2. The summed E-state index contributed by atoms with van der Waals surface area (Å²) < 4.78 is 1.94. The van der Waals surface area contributed by atoms with Gasteiger partial charge in [0, 0.05) is 31.3 Å². The van der Waals surface area contributed by atoms with Crippen LogP contribution in [0.25, 0.3) is 5.57 Å². The van der Waals surface area contributed by atoms with Crippen LogP contribution in [-0.2, 0) is 16.2 Å². The zero-order valence-corrected chi connectivity index (χ0v) is 12.0. The predicted molar refractivity (Wildman–Crippen MR) is 80.4 cm³/mol. The van der Waals surface area contributed by atoms with Crippen molar-refractivity contribution in [3.05, 3.63) is 54.9 Å². The number of carboxylic acids is 1. The molecular weight excluding hydrogens is 284 g/mol. The minimum absolute atomic E-state index is 0.305. The van der Waals surface area contributed by atoms with E-state index in [1.807, 2.05) is 29.0 Å². The lowest BCUT2D eigenvalue weighted by atomic mass is 10.0. The molecule has 2 aromatic heterocycles. The molecule has 1 unspecified atom stereocenters. The number of aromatic nitrogens is 3. The minimum Gasteiger partial charge on any atom is -0.479 e. The van der Waals surface area contributed by atoms with E-state index >= 15 is 0 Å². The van der Waals surface area contributed by atoms with Crippen molar-refractivity contribution in [2.45, 2.75) is 25.5 Å². The largest absolute Gasteiger partial charge is 0.479 e. The van der Waals surface area contributed by atoms with E-state index in [1.165, 1.54) is 0 Å². The number of carboxylic acid groups (broad SMARTS) is 1. The third-order valence-corrected chi connectivity index (χ3v) is 3.20. The average Bonchev–Trinajstić information content (AvgIpc) is 3.04. The molecule has 2 aromatic rings. The van der Waals surface area contributed by atoms with Crippen LogP contribution in [0, 0.1) is 0 Å². The highest BCUT2D eigenvalue weighted by atomic mass is 16.6. The number of pyridine rings is 1. The van der Waals surface area contributed by atoms with Crippen molar-refractivity contribution in [1.82, 2.24) is 14.5 Å². The van der Waals surface area contributed by atoms with Gasteiger partial charge in [-0.3, -0.25) is 9.82 Å². The van der Waals surface area contributed by atoms with E-state index in [9.17, 15) is 4.79 Å². The highest BCUT2D eigenvalue weighted by molar-refractivity contribution is 5.72. The van der Waals surface area contributed by atoms with Crippen LogP contribution < -0.4 is 5.90 Å². The molecule has 0 amide bonds. The van der Waals surface area contributed by atoms with Crippen LogP contribution in [0.4, 0.5) is 0 Å². The van der Waals surface area contributed by atoms with Crippen LogP contribution in [0.3, 0.4) is 0 Å². The molecule has 7 nitrogen and oxygen atoms in total. The minimum atomic E-state index is -1.06. The lowest BCUT2D eigenvalue weighted by Crippen LogP contribution is -2.26. The normalized spacial score (nSPS) is 13.0. The highest BCUT2D eigenvalue weighted by Gasteiger charge is 2.16. The maximum Gasteiger partial charge on any atom is 0.334 e. The third-order valence-electron chi connectivity index (χ3n) is 3.20. The fraction of sp³-hybridized carbons (Fsp3) is 0.267. The summed E-state index contributed by atoms with van der Waals surface area (Å²) in [5, 5.41) is 8.91. The first-order valence-electron chi connectivity index (χ1n) is 6.84. The maximum atomic E-state index is 10.9. The van der Waals surface area contributed by atoms with E-state index in [1.54, 1.807) is 24.9 Å². The van der Waals surface area contributed by atoms with E-state index in [-0.39, 0.29) is 0 Å². The number of aliphatic carboxylic acids is 1. The van der Waals surface area contributed by atoms with Crippen LogP contribution in [0.15, 0.2) is 49.3 Å². The van der Waals surface area contributed by atoms with Gasteiger partial charge in [0.1, 0.15) is 0 Å². The van der Waals surface area contributed by atoms with Crippen molar-refractivity contribution in [2.24, 2.45) is 5.90 Å². The number of imidazole rings is 1. The highest BCUT2D eigenvalue weighted by Crippen LogP contribution is 2.17. The first-order chi connectivity index (χ1) is 10.7. The van der Waals surface area contributed by atoms with Gasteiger partial charge in [0.15, 0.2) is 6.10 Å². The molecule has 0 radical (unpaired) electrons. The molecule has 3 N–H and O–H groups in total. The predicted octanol–water partition coefficient (Wildman–Crippen LogP) is 1.49. The Balaban J connectivity index is 2.10. The topological polar surface area (TPSA) is 103 Å².